The van der Waals surface area contributed by atoms with E-state index in [4.69, 9.17) is 0 Å². The molecule has 160 valence electrons. The smallest absolute Gasteiger partial charge is 0.253 e. The summed E-state index contributed by atoms with van der Waals surface area (Å²) in [7, 11) is 0. The SMILES string of the molecule is Cc1ccc(N2CCC(C(=O)NCCn3cnc(C4CCCC4)cc3=O)CC2)nn1. The summed E-state index contributed by atoms with van der Waals surface area (Å²) in [5.41, 5.74) is 1.78. The highest BCUT2D eigenvalue weighted by atomic mass is 16.2. The summed E-state index contributed by atoms with van der Waals surface area (Å²) in [4.78, 5) is 31.5. The van der Waals surface area contributed by atoms with Crippen molar-refractivity contribution >= 4 is 11.7 Å². The summed E-state index contributed by atoms with van der Waals surface area (Å²) >= 11 is 0. The van der Waals surface area contributed by atoms with Crippen molar-refractivity contribution in [3.63, 3.8) is 0 Å². The predicted molar refractivity (Wildman–Crippen MR) is 114 cm³/mol. The van der Waals surface area contributed by atoms with Crippen molar-refractivity contribution in [1.29, 1.82) is 0 Å². The van der Waals surface area contributed by atoms with Crippen molar-refractivity contribution in [2.24, 2.45) is 5.92 Å². The van der Waals surface area contributed by atoms with Crippen LogP contribution in [0, 0.1) is 12.8 Å². The molecule has 0 bridgehead atoms. The number of hydrogen-bond donors (Lipinski definition) is 1. The molecule has 30 heavy (non-hydrogen) atoms. The first-order valence-corrected chi connectivity index (χ1v) is 11.0. The standard InChI is InChI=1S/C22H30N6O2/c1-16-6-7-20(26-25-16)27-11-8-18(9-12-27)22(30)23-10-13-28-15-24-19(14-21(28)29)17-4-2-3-5-17/h6-7,14-15,17-18H,2-5,8-13H2,1H3,(H,23,30). The summed E-state index contributed by atoms with van der Waals surface area (Å²) in [6.07, 6.45) is 7.91. The minimum atomic E-state index is -0.0336. The van der Waals surface area contributed by atoms with Crippen molar-refractivity contribution < 1.29 is 4.79 Å². The number of carbonyl (C=O) groups is 1. The summed E-state index contributed by atoms with van der Waals surface area (Å²) in [6.45, 7) is 4.39. The molecule has 0 aromatic carbocycles. The maximum atomic E-state index is 12.5. The topological polar surface area (TPSA) is 93.0 Å². The molecule has 2 aromatic heterocycles. The lowest BCUT2D eigenvalue weighted by Crippen LogP contribution is -2.42. The van der Waals surface area contributed by atoms with E-state index >= 15 is 0 Å². The Labute approximate surface area is 176 Å². The van der Waals surface area contributed by atoms with Gasteiger partial charge in [-0.2, -0.15) is 5.10 Å². The van der Waals surface area contributed by atoms with Gasteiger partial charge in [-0.05, 0) is 44.7 Å². The van der Waals surface area contributed by atoms with Gasteiger partial charge >= 0.3 is 0 Å². The second kappa shape index (κ2) is 9.36. The average Bonchev–Trinajstić information content (AvgIpc) is 3.30. The summed E-state index contributed by atoms with van der Waals surface area (Å²) < 4.78 is 1.58. The molecule has 2 aliphatic rings. The van der Waals surface area contributed by atoms with Crippen LogP contribution in [-0.4, -0.2) is 45.3 Å². The molecular formula is C22H30N6O2. The number of aromatic nitrogens is 4. The van der Waals surface area contributed by atoms with Gasteiger partial charge in [0.25, 0.3) is 5.56 Å². The first-order chi connectivity index (χ1) is 14.6. The van der Waals surface area contributed by atoms with Gasteiger partial charge in [-0.25, -0.2) is 4.98 Å². The third-order valence-corrected chi connectivity index (χ3v) is 6.30. The first kappa shape index (κ1) is 20.5. The van der Waals surface area contributed by atoms with Crippen LogP contribution in [0.2, 0.25) is 0 Å². The van der Waals surface area contributed by atoms with Gasteiger partial charge in [0.1, 0.15) is 0 Å². The van der Waals surface area contributed by atoms with Gasteiger partial charge in [-0.15, -0.1) is 5.10 Å². The maximum Gasteiger partial charge on any atom is 0.253 e. The van der Waals surface area contributed by atoms with Crippen LogP contribution in [-0.2, 0) is 11.3 Å². The second-order valence-electron chi connectivity index (χ2n) is 8.41. The van der Waals surface area contributed by atoms with E-state index in [1.54, 1.807) is 17.0 Å². The van der Waals surface area contributed by atoms with Crippen LogP contribution in [0.5, 0.6) is 0 Å². The first-order valence-electron chi connectivity index (χ1n) is 11.0. The van der Waals surface area contributed by atoms with Gasteiger partial charge in [0, 0.05) is 44.1 Å². The number of hydrogen-bond acceptors (Lipinski definition) is 6. The Kier molecular flexibility index (Phi) is 6.40. The van der Waals surface area contributed by atoms with Crippen LogP contribution in [0.1, 0.15) is 55.8 Å². The molecule has 3 heterocycles. The second-order valence-corrected chi connectivity index (χ2v) is 8.41. The zero-order valence-electron chi connectivity index (χ0n) is 17.6. The number of nitrogens with one attached hydrogen (secondary N) is 1. The number of amides is 1. The van der Waals surface area contributed by atoms with Gasteiger partial charge in [0.05, 0.1) is 17.7 Å². The highest BCUT2D eigenvalue weighted by Gasteiger charge is 2.25. The minimum absolute atomic E-state index is 0.000697. The molecular weight excluding hydrogens is 380 g/mol. The predicted octanol–water partition coefficient (Wildman–Crippen LogP) is 2.03. The van der Waals surface area contributed by atoms with Crippen molar-refractivity contribution in [3.8, 4) is 0 Å². The third kappa shape index (κ3) is 4.86. The quantitative estimate of drug-likeness (QED) is 0.783. The van der Waals surface area contributed by atoms with Crippen LogP contribution in [0.15, 0.2) is 29.3 Å². The number of carbonyl (C=O) groups excluding carboxylic acids is 1. The number of anilines is 1. The fourth-order valence-corrected chi connectivity index (χ4v) is 4.43. The number of aryl methyl sites for hydroxylation is 1. The Balaban J connectivity index is 1.22. The molecule has 8 heteroatoms. The Hall–Kier alpha value is -2.77. The third-order valence-electron chi connectivity index (χ3n) is 6.30. The number of nitrogens with zero attached hydrogens (tertiary/aromatic N) is 5. The Morgan fingerprint density at radius 1 is 1.13 bits per heavy atom. The van der Waals surface area contributed by atoms with Crippen LogP contribution >= 0.6 is 0 Å². The molecule has 4 rings (SSSR count). The van der Waals surface area contributed by atoms with Gasteiger partial charge < -0.3 is 10.2 Å². The van der Waals surface area contributed by atoms with E-state index in [0.29, 0.717) is 19.0 Å². The van der Waals surface area contributed by atoms with Gasteiger partial charge in [-0.3, -0.25) is 14.2 Å². The lowest BCUT2D eigenvalue weighted by molar-refractivity contribution is -0.125. The Bertz CT molecular complexity index is 912. The van der Waals surface area contributed by atoms with Gasteiger partial charge in [-0.1, -0.05) is 12.8 Å². The normalized spacial score (nSPS) is 18.0. The number of rotatable bonds is 6. The maximum absolute atomic E-state index is 12.5. The minimum Gasteiger partial charge on any atom is -0.355 e. The molecule has 0 spiro atoms. The summed E-state index contributed by atoms with van der Waals surface area (Å²) in [5.74, 6) is 1.36. The lowest BCUT2D eigenvalue weighted by Gasteiger charge is -2.31. The molecule has 1 aliphatic heterocycles. The molecule has 1 N–H and O–H groups in total. The zero-order chi connectivity index (χ0) is 20.9. The van der Waals surface area contributed by atoms with E-state index < -0.39 is 0 Å². The number of piperidine rings is 1. The van der Waals surface area contributed by atoms with Crippen LogP contribution in [0.25, 0.3) is 0 Å². The Morgan fingerprint density at radius 2 is 1.90 bits per heavy atom. The molecule has 0 unspecified atom stereocenters. The zero-order valence-corrected chi connectivity index (χ0v) is 17.6. The molecule has 1 saturated heterocycles. The average molecular weight is 411 g/mol. The van der Waals surface area contributed by atoms with Crippen molar-refractivity contribution in [3.05, 3.63) is 46.3 Å². The van der Waals surface area contributed by atoms with Crippen molar-refractivity contribution in [2.75, 3.05) is 24.5 Å². The molecule has 0 atom stereocenters. The highest BCUT2D eigenvalue weighted by molar-refractivity contribution is 5.78. The largest absolute Gasteiger partial charge is 0.355 e. The highest BCUT2D eigenvalue weighted by Crippen LogP contribution is 2.32. The van der Waals surface area contributed by atoms with E-state index in [-0.39, 0.29) is 17.4 Å². The lowest BCUT2D eigenvalue weighted by atomic mass is 9.96. The monoisotopic (exact) mass is 410 g/mol. The van der Waals surface area contributed by atoms with Crippen LogP contribution in [0.3, 0.4) is 0 Å². The van der Waals surface area contributed by atoms with Gasteiger partial charge in [0.15, 0.2) is 5.82 Å². The molecule has 1 aliphatic carbocycles. The van der Waals surface area contributed by atoms with E-state index in [1.165, 1.54) is 12.8 Å². The van der Waals surface area contributed by atoms with Crippen molar-refractivity contribution in [1.82, 2.24) is 25.1 Å². The Morgan fingerprint density at radius 3 is 2.57 bits per heavy atom. The van der Waals surface area contributed by atoms with E-state index in [9.17, 15) is 9.59 Å². The summed E-state index contributed by atoms with van der Waals surface area (Å²) in [5, 5.41) is 11.3. The van der Waals surface area contributed by atoms with E-state index in [0.717, 1.165) is 56.0 Å². The van der Waals surface area contributed by atoms with Crippen molar-refractivity contribution in [2.45, 2.75) is 57.9 Å². The molecule has 0 radical (unpaired) electrons. The van der Waals surface area contributed by atoms with E-state index in [2.05, 4.69) is 25.4 Å². The summed E-state index contributed by atoms with van der Waals surface area (Å²) in [6, 6.07) is 5.60. The fourth-order valence-electron chi connectivity index (χ4n) is 4.43. The molecule has 2 aromatic rings. The molecule has 8 nitrogen and oxygen atoms in total. The fraction of sp³-hybridized carbons (Fsp3) is 0.591. The van der Waals surface area contributed by atoms with E-state index in [1.807, 2.05) is 19.1 Å². The van der Waals surface area contributed by atoms with Crippen LogP contribution in [0.4, 0.5) is 5.82 Å². The van der Waals surface area contributed by atoms with Gasteiger partial charge in [0.2, 0.25) is 5.91 Å². The molecule has 1 amide bonds. The molecule has 1 saturated carbocycles. The van der Waals surface area contributed by atoms with Crippen LogP contribution < -0.4 is 15.8 Å². The molecule has 2 fully saturated rings.